The molecule has 0 atom stereocenters. The third kappa shape index (κ3) is 2.60. The van der Waals surface area contributed by atoms with Gasteiger partial charge in [0.2, 0.25) is 5.91 Å². The molecule has 0 saturated carbocycles. The van der Waals surface area contributed by atoms with Gasteiger partial charge in [0.25, 0.3) is 0 Å². The Kier molecular flexibility index (Phi) is 3.05. The van der Waals surface area contributed by atoms with Crippen LogP contribution in [0.2, 0.25) is 0 Å². The lowest BCUT2D eigenvalue weighted by Crippen LogP contribution is -2.06. The average Bonchev–Trinajstić information content (AvgIpc) is 2.77. The predicted molar refractivity (Wildman–Crippen MR) is 65.5 cm³/mol. The van der Waals surface area contributed by atoms with E-state index in [2.05, 4.69) is 16.9 Å². The maximum absolute atomic E-state index is 11.1. The Morgan fingerprint density at radius 2 is 2.12 bits per heavy atom. The number of benzene rings is 1. The number of carbonyl (C=O) groups is 1. The van der Waals surface area contributed by atoms with Crippen LogP contribution in [-0.4, -0.2) is 10.9 Å². The third-order valence-corrected chi connectivity index (χ3v) is 2.24. The van der Waals surface area contributed by atoms with Gasteiger partial charge in [-0.05, 0) is 30.3 Å². The molecular formula is C13H12N2O2. The van der Waals surface area contributed by atoms with Crippen molar-refractivity contribution in [1.82, 2.24) is 4.98 Å². The Hall–Kier alpha value is -2.36. The zero-order valence-corrected chi connectivity index (χ0v) is 9.43. The van der Waals surface area contributed by atoms with Crippen LogP contribution in [0.25, 0.3) is 11.3 Å². The summed E-state index contributed by atoms with van der Waals surface area (Å²) >= 11 is 0. The van der Waals surface area contributed by atoms with Crippen molar-refractivity contribution in [2.24, 2.45) is 0 Å². The number of nitrogens with zero attached hydrogens (tertiary/aromatic N) is 1. The second kappa shape index (κ2) is 4.65. The number of anilines is 1. The first-order chi connectivity index (χ1) is 8.19. The van der Waals surface area contributed by atoms with Crippen molar-refractivity contribution in [3.05, 3.63) is 49.0 Å². The van der Waals surface area contributed by atoms with Crippen molar-refractivity contribution in [2.45, 2.75) is 6.92 Å². The summed E-state index contributed by atoms with van der Waals surface area (Å²) in [6.07, 6.45) is 2.90. The molecule has 2 aromatic rings. The minimum absolute atomic E-state index is 0.228. The number of nitrogens with one attached hydrogen (secondary N) is 1. The fraction of sp³-hybridized carbons (Fsp3) is 0.0769. The van der Waals surface area contributed by atoms with Gasteiger partial charge in [-0.15, -0.1) is 0 Å². The van der Waals surface area contributed by atoms with E-state index in [1.807, 2.05) is 12.1 Å². The molecule has 0 unspecified atom stereocenters. The molecule has 4 nitrogen and oxygen atoms in total. The molecule has 1 N–H and O–H groups in total. The topological polar surface area (TPSA) is 55.1 Å². The molecular weight excluding hydrogens is 216 g/mol. The molecule has 0 spiro atoms. The number of aromatic nitrogens is 1. The zero-order chi connectivity index (χ0) is 12.3. The van der Waals surface area contributed by atoms with Crippen molar-refractivity contribution < 1.29 is 9.21 Å². The van der Waals surface area contributed by atoms with Crippen LogP contribution in [0, 0.1) is 6.92 Å². The third-order valence-electron chi connectivity index (χ3n) is 2.24. The number of rotatable bonds is 3. The van der Waals surface area contributed by atoms with Crippen molar-refractivity contribution in [2.75, 3.05) is 5.32 Å². The Morgan fingerprint density at radius 1 is 1.41 bits per heavy atom. The molecule has 1 heterocycles. The highest BCUT2D eigenvalue weighted by Gasteiger charge is 2.03. The SMILES string of the molecule is C=CC(=O)Nc1ccc(-c2cnc(C)o2)cc1. The minimum atomic E-state index is -0.228. The van der Waals surface area contributed by atoms with E-state index in [0.29, 0.717) is 11.7 Å². The number of hydrogen-bond acceptors (Lipinski definition) is 3. The summed E-state index contributed by atoms with van der Waals surface area (Å²) in [6.45, 7) is 5.18. The summed E-state index contributed by atoms with van der Waals surface area (Å²) < 4.78 is 5.40. The van der Waals surface area contributed by atoms with Crippen LogP contribution >= 0.6 is 0 Å². The highest BCUT2D eigenvalue weighted by atomic mass is 16.4. The Labute approximate surface area is 99.0 Å². The number of oxazole rings is 1. The molecule has 0 bridgehead atoms. The lowest BCUT2D eigenvalue weighted by Gasteiger charge is -2.02. The quantitative estimate of drug-likeness (QED) is 0.822. The molecule has 0 aliphatic rings. The second-order valence-corrected chi connectivity index (χ2v) is 3.51. The molecule has 1 amide bonds. The normalized spacial score (nSPS) is 9.94. The summed E-state index contributed by atoms with van der Waals surface area (Å²) in [5, 5.41) is 2.67. The van der Waals surface area contributed by atoms with Crippen LogP contribution in [0.3, 0.4) is 0 Å². The van der Waals surface area contributed by atoms with Gasteiger partial charge in [0.15, 0.2) is 11.7 Å². The van der Waals surface area contributed by atoms with E-state index in [4.69, 9.17) is 4.42 Å². The molecule has 0 saturated heterocycles. The largest absolute Gasteiger partial charge is 0.441 e. The average molecular weight is 228 g/mol. The van der Waals surface area contributed by atoms with Gasteiger partial charge in [-0.25, -0.2) is 4.98 Å². The maximum Gasteiger partial charge on any atom is 0.247 e. The fourth-order valence-electron chi connectivity index (χ4n) is 1.41. The smallest absolute Gasteiger partial charge is 0.247 e. The lowest BCUT2D eigenvalue weighted by molar-refractivity contribution is -0.111. The van der Waals surface area contributed by atoms with Crippen molar-refractivity contribution in [3.8, 4) is 11.3 Å². The molecule has 1 aromatic heterocycles. The van der Waals surface area contributed by atoms with E-state index < -0.39 is 0 Å². The molecule has 0 aliphatic carbocycles. The van der Waals surface area contributed by atoms with E-state index in [1.165, 1.54) is 6.08 Å². The molecule has 0 fully saturated rings. The molecule has 2 rings (SSSR count). The number of carbonyl (C=O) groups excluding carboxylic acids is 1. The maximum atomic E-state index is 11.1. The van der Waals surface area contributed by atoms with Gasteiger partial charge in [-0.2, -0.15) is 0 Å². The number of hydrogen-bond donors (Lipinski definition) is 1. The summed E-state index contributed by atoms with van der Waals surface area (Å²) in [5.41, 5.74) is 1.64. The zero-order valence-electron chi connectivity index (χ0n) is 9.43. The molecule has 0 aliphatic heterocycles. The minimum Gasteiger partial charge on any atom is -0.441 e. The van der Waals surface area contributed by atoms with E-state index >= 15 is 0 Å². The monoisotopic (exact) mass is 228 g/mol. The van der Waals surface area contributed by atoms with Crippen LogP contribution in [0.5, 0.6) is 0 Å². The molecule has 86 valence electrons. The van der Waals surface area contributed by atoms with Gasteiger partial charge in [0.1, 0.15) is 0 Å². The lowest BCUT2D eigenvalue weighted by atomic mass is 10.2. The molecule has 0 radical (unpaired) electrons. The van der Waals surface area contributed by atoms with Crippen molar-refractivity contribution in [1.29, 1.82) is 0 Å². The van der Waals surface area contributed by atoms with Crippen LogP contribution in [0.1, 0.15) is 5.89 Å². The molecule has 1 aromatic carbocycles. The molecule has 17 heavy (non-hydrogen) atoms. The van der Waals surface area contributed by atoms with Crippen LogP contribution < -0.4 is 5.32 Å². The number of aryl methyl sites for hydroxylation is 1. The van der Waals surface area contributed by atoms with Crippen molar-refractivity contribution in [3.63, 3.8) is 0 Å². The van der Waals surface area contributed by atoms with Gasteiger partial charge in [-0.1, -0.05) is 6.58 Å². The Morgan fingerprint density at radius 3 is 2.65 bits per heavy atom. The van der Waals surface area contributed by atoms with Gasteiger partial charge in [-0.3, -0.25) is 4.79 Å². The van der Waals surface area contributed by atoms with E-state index in [9.17, 15) is 4.79 Å². The van der Waals surface area contributed by atoms with Crippen LogP contribution in [-0.2, 0) is 4.79 Å². The fourth-order valence-corrected chi connectivity index (χ4v) is 1.41. The number of amides is 1. The van der Waals surface area contributed by atoms with Gasteiger partial charge in [0.05, 0.1) is 6.20 Å². The highest BCUT2D eigenvalue weighted by Crippen LogP contribution is 2.21. The first-order valence-corrected chi connectivity index (χ1v) is 5.15. The summed E-state index contributed by atoms with van der Waals surface area (Å²) in [6, 6.07) is 7.32. The highest BCUT2D eigenvalue weighted by molar-refractivity contribution is 5.98. The predicted octanol–water partition coefficient (Wildman–Crippen LogP) is 2.77. The summed E-state index contributed by atoms with van der Waals surface area (Å²) in [5.74, 6) is 1.11. The van der Waals surface area contributed by atoms with Gasteiger partial charge < -0.3 is 9.73 Å². The van der Waals surface area contributed by atoms with Crippen LogP contribution in [0.4, 0.5) is 5.69 Å². The summed E-state index contributed by atoms with van der Waals surface area (Å²) in [4.78, 5) is 15.1. The van der Waals surface area contributed by atoms with Crippen molar-refractivity contribution >= 4 is 11.6 Å². The van der Waals surface area contributed by atoms with E-state index in [-0.39, 0.29) is 5.91 Å². The van der Waals surface area contributed by atoms with E-state index in [1.54, 1.807) is 25.3 Å². The van der Waals surface area contributed by atoms with Crippen LogP contribution in [0.15, 0.2) is 47.5 Å². The standard InChI is InChI=1S/C13H12N2O2/c1-3-13(16)15-11-6-4-10(5-7-11)12-8-14-9(2)17-12/h3-8H,1H2,2H3,(H,15,16). The van der Waals surface area contributed by atoms with E-state index in [0.717, 1.165) is 11.3 Å². The van der Waals surface area contributed by atoms with Gasteiger partial charge in [0, 0.05) is 18.2 Å². The van der Waals surface area contributed by atoms with Gasteiger partial charge >= 0.3 is 0 Å². The Bertz CT molecular complexity index is 541. The first-order valence-electron chi connectivity index (χ1n) is 5.15. The molecule has 4 heteroatoms. The first kappa shape index (κ1) is 11.1. The Balaban J connectivity index is 2.18. The second-order valence-electron chi connectivity index (χ2n) is 3.51. The summed E-state index contributed by atoms with van der Waals surface area (Å²) in [7, 11) is 0.